The molecule has 0 aromatic heterocycles. The van der Waals surface area contributed by atoms with Crippen molar-refractivity contribution >= 4 is 5.69 Å². The van der Waals surface area contributed by atoms with Crippen molar-refractivity contribution < 1.29 is 13.2 Å². The lowest BCUT2D eigenvalue weighted by Gasteiger charge is -2.10. The Labute approximate surface area is 74.6 Å². The Morgan fingerprint density at radius 3 is 2.23 bits per heavy atom. The van der Waals surface area contributed by atoms with Crippen LogP contribution in [0.5, 0.6) is 0 Å². The number of aryl methyl sites for hydroxylation is 1. The molecule has 0 bridgehead atoms. The van der Waals surface area contributed by atoms with E-state index >= 15 is 0 Å². The summed E-state index contributed by atoms with van der Waals surface area (Å²) in [6, 6.07) is 3.63. The number of hydrogen-bond acceptors (Lipinski definition) is 1. The molecule has 1 aromatic rings. The molecule has 72 valence electrons. The number of rotatable bonds is 1. The minimum Gasteiger partial charge on any atom is -0.388 e. The molecule has 0 saturated heterocycles. The van der Waals surface area contributed by atoms with Crippen LogP contribution in [0.4, 0.5) is 18.9 Å². The van der Waals surface area contributed by atoms with Gasteiger partial charge in [-0.05, 0) is 30.7 Å². The first-order valence-corrected chi connectivity index (χ1v) is 3.80. The van der Waals surface area contributed by atoms with Crippen LogP contribution in [-0.2, 0) is 6.18 Å². The molecule has 1 aromatic carbocycles. The van der Waals surface area contributed by atoms with Crippen LogP contribution in [0.2, 0.25) is 0 Å². The fraction of sp³-hybridized carbons (Fsp3) is 0.333. The summed E-state index contributed by atoms with van der Waals surface area (Å²) in [5, 5.41) is 2.81. The average molecular weight is 189 g/mol. The Bertz CT molecular complexity index is 304. The second-order valence-electron chi connectivity index (χ2n) is 2.78. The summed E-state index contributed by atoms with van der Waals surface area (Å²) in [6.45, 7) is 1.64. The quantitative estimate of drug-likeness (QED) is 0.715. The van der Waals surface area contributed by atoms with Gasteiger partial charge in [0.25, 0.3) is 0 Å². The van der Waals surface area contributed by atoms with Gasteiger partial charge in [-0.15, -0.1) is 0 Å². The second kappa shape index (κ2) is 3.28. The van der Waals surface area contributed by atoms with Crippen LogP contribution in [0, 0.1) is 6.92 Å². The number of halogens is 3. The molecule has 0 saturated carbocycles. The lowest BCUT2D eigenvalue weighted by molar-refractivity contribution is -0.137. The van der Waals surface area contributed by atoms with Gasteiger partial charge in [0, 0.05) is 12.7 Å². The van der Waals surface area contributed by atoms with E-state index in [-0.39, 0.29) is 0 Å². The zero-order chi connectivity index (χ0) is 10.1. The van der Waals surface area contributed by atoms with Crippen molar-refractivity contribution in [2.24, 2.45) is 0 Å². The van der Waals surface area contributed by atoms with E-state index < -0.39 is 11.7 Å². The predicted octanol–water partition coefficient (Wildman–Crippen LogP) is 3.06. The molecule has 0 spiro atoms. The molecule has 1 N–H and O–H groups in total. The second-order valence-corrected chi connectivity index (χ2v) is 2.78. The number of nitrogens with one attached hydrogen (secondary N) is 1. The highest BCUT2D eigenvalue weighted by Gasteiger charge is 2.30. The lowest BCUT2D eigenvalue weighted by Crippen LogP contribution is -2.05. The Balaban J connectivity index is 3.10. The zero-order valence-electron chi connectivity index (χ0n) is 7.37. The summed E-state index contributed by atoms with van der Waals surface area (Å²) in [4.78, 5) is 0. The number of anilines is 1. The van der Waals surface area contributed by atoms with Crippen LogP contribution in [0.15, 0.2) is 18.2 Å². The van der Waals surface area contributed by atoms with Crippen LogP contribution in [0.1, 0.15) is 11.1 Å². The van der Waals surface area contributed by atoms with Crippen molar-refractivity contribution in [1.29, 1.82) is 0 Å². The molecule has 0 radical (unpaired) electrons. The van der Waals surface area contributed by atoms with Gasteiger partial charge in [0.2, 0.25) is 0 Å². The number of hydrogen-bond donors (Lipinski definition) is 1. The van der Waals surface area contributed by atoms with Gasteiger partial charge in [0.15, 0.2) is 0 Å². The summed E-state index contributed by atoms with van der Waals surface area (Å²) >= 11 is 0. The van der Waals surface area contributed by atoms with Crippen molar-refractivity contribution in [2.45, 2.75) is 13.1 Å². The molecule has 0 heterocycles. The van der Waals surface area contributed by atoms with Crippen LogP contribution in [-0.4, -0.2) is 7.05 Å². The van der Waals surface area contributed by atoms with Crippen LogP contribution in [0.25, 0.3) is 0 Å². The summed E-state index contributed by atoms with van der Waals surface area (Å²) in [5.74, 6) is 0. The zero-order valence-corrected chi connectivity index (χ0v) is 7.37. The monoisotopic (exact) mass is 189 g/mol. The van der Waals surface area contributed by atoms with Crippen molar-refractivity contribution in [3.8, 4) is 0 Å². The van der Waals surface area contributed by atoms with E-state index in [1.165, 1.54) is 6.07 Å². The van der Waals surface area contributed by atoms with Crippen LogP contribution in [0.3, 0.4) is 0 Å². The van der Waals surface area contributed by atoms with Gasteiger partial charge >= 0.3 is 6.18 Å². The largest absolute Gasteiger partial charge is 0.416 e. The average Bonchev–Trinajstić information content (AvgIpc) is 2.02. The molecule has 0 aliphatic carbocycles. The molecule has 0 aliphatic rings. The molecule has 0 aliphatic heterocycles. The Hall–Kier alpha value is -1.19. The summed E-state index contributed by atoms with van der Waals surface area (Å²) < 4.78 is 36.5. The minimum absolute atomic E-state index is 0.595. The van der Waals surface area contributed by atoms with Gasteiger partial charge in [-0.3, -0.25) is 0 Å². The molecular weight excluding hydrogens is 179 g/mol. The highest BCUT2D eigenvalue weighted by Crippen LogP contribution is 2.31. The van der Waals surface area contributed by atoms with Gasteiger partial charge in [-0.1, -0.05) is 0 Å². The Kier molecular flexibility index (Phi) is 2.50. The molecule has 13 heavy (non-hydrogen) atoms. The Morgan fingerprint density at radius 2 is 1.85 bits per heavy atom. The summed E-state index contributed by atoms with van der Waals surface area (Å²) in [7, 11) is 1.68. The van der Waals surface area contributed by atoms with E-state index in [2.05, 4.69) is 5.32 Å². The van der Waals surface area contributed by atoms with E-state index in [9.17, 15) is 13.2 Å². The first-order valence-electron chi connectivity index (χ1n) is 3.80. The van der Waals surface area contributed by atoms with Crippen molar-refractivity contribution in [3.05, 3.63) is 29.3 Å². The predicted molar refractivity (Wildman–Crippen MR) is 45.7 cm³/mol. The summed E-state index contributed by atoms with van der Waals surface area (Å²) in [6.07, 6.45) is -4.25. The molecule has 1 rings (SSSR count). The van der Waals surface area contributed by atoms with E-state index in [4.69, 9.17) is 0 Å². The molecular formula is C9H10F3N. The number of alkyl halides is 3. The first kappa shape index (κ1) is 9.89. The molecule has 0 amide bonds. The van der Waals surface area contributed by atoms with Crippen molar-refractivity contribution in [3.63, 3.8) is 0 Å². The van der Waals surface area contributed by atoms with E-state index in [0.717, 1.165) is 12.1 Å². The highest BCUT2D eigenvalue weighted by molar-refractivity contribution is 5.51. The SMILES string of the molecule is CNc1ccc(C(F)(F)F)cc1C. The van der Waals surface area contributed by atoms with Gasteiger partial charge in [0.05, 0.1) is 5.56 Å². The highest BCUT2D eigenvalue weighted by atomic mass is 19.4. The van der Waals surface area contributed by atoms with Crippen LogP contribution >= 0.6 is 0 Å². The third-order valence-corrected chi connectivity index (χ3v) is 1.82. The molecule has 0 fully saturated rings. The maximum atomic E-state index is 12.2. The third kappa shape index (κ3) is 2.14. The third-order valence-electron chi connectivity index (χ3n) is 1.82. The van der Waals surface area contributed by atoms with Gasteiger partial charge < -0.3 is 5.32 Å². The molecule has 4 heteroatoms. The standard InChI is InChI=1S/C9H10F3N/c1-6-5-7(9(10,11)12)3-4-8(6)13-2/h3-5,13H,1-2H3. The van der Waals surface area contributed by atoms with Crippen LogP contribution < -0.4 is 5.32 Å². The topological polar surface area (TPSA) is 12.0 Å². The van der Waals surface area contributed by atoms with Crippen molar-refractivity contribution in [2.75, 3.05) is 12.4 Å². The fourth-order valence-electron chi connectivity index (χ4n) is 1.12. The van der Waals surface area contributed by atoms with E-state index in [1.807, 2.05) is 0 Å². The van der Waals surface area contributed by atoms with Gasteiger partial charge in [0.1, 0.15) is 0 Å². The molecule has 0 atom stereocenters. The maximum Gasteiger partial charge on any atom is 0.416 e. The van der Waals surface area contributed by atoms with E-state index in [0.29, 0.717) is 11.3 Å². The smallest absolute Gasteiger partial charge is 0.388 e. The summed E-state index contributed by atoms with van der Waals surface area (Å²) in [5.41, 5.74) is 0.703. The molecule has 0 unspecified atom stereocenters. The Morgan fingerprint density at radius 1 is 1.23 bits per heavy atom. The maximum absolute atomic E-state index is 12.2. The number of benzene rings is 1. The van der Waals surface area contributed by atoms with Gasteiger partial charge in [-0.2, -0.15) is 13.2 Å². The van der Waals surface area contributed by atoms with Gasteiger partial charge in [-0.25, -0.2) is 0 Å². The normalized spacial score (nSPS) is 11.5. The van der Waals surface area contributed by atoms with Crippen molar-refractivity contribution in [1.82, 2.24) is 0 Å². The fourth-order valence-corrected chi connectivity index (χ4v) is 1.12. The van der Waals surface area contributed by atoms with E-state index in [1.54, 1.807) is 14.0 Å². The first-order chi connectivity index (χ1) is 5.95. The minimum atomic E-state index is -4.25. The lowest BCUT2D eigenvalue weighted by atomic mass is 10.1. The molecule has 1 nitrogen and oxygen atoms in total.